The molecule has 27 heavy (non-hydrogen) atoms. The summed E-state index contributed by atoms with van der Waals surface area (Å²) in [6, 6.07) is 5.41. The molecule has 0 saturated carbocycles. The highest BCUT2D eigenvalue weighted by molar-refractivity contribution is 6.35. The molecular weight excluding hydrogens is 346 g/mol. The van der Waals surface area contributed by atoms with E-state index in [1.807, 2.05) is 39.0 Å². The Morgan fingerprint density at radius 2 is 2.07 bits per heavy atom. The molecule has 7 nitrogen and oxygen atoms in total. The van der Waals surface area contributed by atoms with E-state index in [0.29, 0.717) is 38.3 Å². The van der Waals surface area contributed by atoms with Crippen LogP contribution in [0.1, 0.15) is 50.3 Å². The number of amides is 3. The summed E-state index contributed by atoms with van der Waals surface area (Å²) in [5, 5.41) is 5.32. The van der Waals surface area contributed by atoms with Gasteiger partial charge in [0.1, 0.15) is 5.75 Å². The van der Waals surface area contributed by atoms with Crippen LogP contribution in [-0.2, 0) is 14.4 Å². The van der Waals surface area contributed by atoms with Crippen molar-refractivity contribution in [3.05, 3.63) is 29.3 Å². The van der Waals surface area contributed by atoms with Crippen LogP contribution in [-0.4, -0.2) is 48.9 Å². The summed E-state index contributed by atoms with van der Waals surface area (Å²) in [4.78, 5) is 37.5. The van der Waals surface area contributed by atoms with Gasteiger partial charge in [0.25, 0.3) is 0 Å². The molecule has 1 saturated heterocycles. The summed E-state index contributed by atoms with van der Waals surface area (Å²) < 4.78 is 5.61. The second-order valence-corrected chi connectivity index (χ2v) is 6.76. The molecule has 1 fully saturated rings. The number of ether oxygens (including phenoxy) is 1. The number of benzene rings is 1. The Balaban J connectivity index is 1.80. The van der Waals surface area contributed by atoms with Crippen LogP contribution in [0.15, 0.2) is 18.2 Å². The van der Waals surface area contributed by atoms with Crippen LogP contribution >= 0.6 is 0 Å². The van der Waals surface area contributed by atoms with Gasteiger partial charge >= 0.3 is 11.8 Å². The minimum atomic E-state index is -0.677. The van der Waals surface area contributed by atoms with E-state index >= 15 is 0 Å². The number of carbonyl (C=O) groups excluding carboxylic acids is 3. The molecular formula is C20H29N3O4. The zero-order chi connectivity index (χ0) is 19.8. The number of nitrogens with one attached hydrogen (secondary N) is 2. The molecule has 0 bridgehead atoms. The molecule has 1 aliphatic heterocycles. The van der Waals surface area contributed by atoms with Crippen molar-refractivity contribution in [2.75, 3.05) is 26.2 Å². The molecule has 148 valence electrons. The maximum atomic E-state index is 12.2. The van der Waals surface area contributed by atoms with Crippen molar-refractivity contribution in [3.8, 4) is 5.75 Å². The molecule has 1 atom stereocenters. The van der Waals surface area contributed by atoms with Crippen LogP contribution in [0, 0.1) is 6.92 Å². The van der Waals surface area contributed by atoms with Gasteiger partial charge in [-0.25, -0.2) is 0 Å². The highest BCUT2D eigenvalue weighted by atomic mass is 16.5. The molecule has 2 rings (SSSR count). The van der Waals surface area contributed by atoms with Gasteiger partial charge in [-0.05, 0) is 39.7 Å². The lowest BCUT2D eigenvalue weighted by atomic mass is 10.0. The molecule has 3 amide bonds. The van der Waals surface area contributed by atoms with Gasteiger partial charge in [-0.2, -0.15) is 0 Å². The lowest BCUT2D eigenvalue weighted by Crippen LogP contribution is -2.41. The average molecular weight is 375 g/mol. The van der Waals surface area contributed by atoms with Crippen LogP contribution in [0.5, 0.6) is 5.75 Å². The number of aryl methyl sites for hydroxylation is 1. The number of hydrogen-bond acceptors (Lipinski definition) is 4. The molecule has 1 heterocycles. The van der Waals surface area contributed by atoms with E-state index in [0.717, 1.165) is 24.1 Å². The van der Waals surface area contributed by atoms with Crippen LogP contribution in [0.2, 0.25) is 0 Å². The monoisotopic (exact) mass is 375 g/mol. The first-order valence-electron chi connectivity index (χ1n) is 9.52. The first-order valence-corrected chi connectivity index (χ1v) is 9.52. The molecule has 0 radical (unpaired) electrons. The summed E-state index contributed by atoms with van der Waals surface area (Å²) >= 11 is 0. The number of nitrogens with zero attached hydrogens (tertiary/aromatic N) is 1. The van der Waals surface area contributed by atoms with Gasteiger partial charge in [0.2, 0.25) is 5.91 Å². The summed E-state index contributed by atoms with van der Waals surface area (Å²) in [6.45, 7) is 7.96. The van der Waals surface area contributed by atoms with Gasteiger partial charge in [-0.1, -0.05) is 17.7 Å². The molecule has 1 aromatic carbocycles. The predicted molar refractivity (Wildman–Crippen MR) is 102 cm³/mol. The summed E-state index contributed by atoms with van der Waals surface area (Å²) in [5.41, 5.74) is 1.89. The third-order valence-electron chi connectivity index (χ3n) is 4.55. The van der Waals surface area contributed by atoms with Crippen molar-refractivity contribution in [2.24, 2.45) is 0 Å². The van der Waals surface area contributed by atoms with E-state index in [9.17, 15) is 14.4 Å². The van der Waals surface area contributed by atoms with Gasteiger partial charge in [-0.3, -0.25) is 14.4 Å². The zero-order valence-corrected chi connectivity index (χ0v) is 16.3. The maximum absolute atomic E-state index is 12.2. The zero-order valence-electron chi connectivity index (χ0n) is 16.3. The van der Waals surface area contributed by atoms with E-state index in [4.69, 9.17) is 4.74 Å². The number of hydrogen-bond donors (Lipinski definition) is 2. The third-order valence-corrected chi connectivity index (χ3v) is 4.55. The number of likely N-dealkylation sites (tertiary alicyclic amines) is 1. The minimum absolute atomic E-state index is 0.163. The second-order valence-electron chi connectivity index (χ2n) is 6.76. The second kappa shape index (κ2) is 9.94. The molecule has 0 aromatic heterocycles. The Kier molecular flexibility index (Phi) is 7.64. The Bertz CT molecular complexity index is 690. The highest BCUT2D eigenvalue weighted by Gasteiger charge is 2.21. The summed E-state index contributed by atoms with van der Waals surface area (Å²) in [6.07, 6.45) is 2.14. The van der Waals surface area contributed by atoms with Gasteiger partial charge in [0, 0.05) is 31.6 Å². The molecule has 7 heteroatoms. The molecule has 1 unspecified atom stereocenters. The quantitative estimate of drug-likeness (QED) is 0.535. The van der Waals surface area contributed by atoms with Crippen LogP contribution in [0.4, 0.5) is 0 Å². The normalized spacial score (nSPS) is 14.8. The Morgan fingerprint density at radius 3 is 2.74 bits per heavy atom. The minimum Gasteiger partial charge on any atom is -0.494 e. The number of carbonyl (C=O) groups is 3. The SMILES string of the molecule is CCOc1ccc(C)cc1C(C)NC(=O)C(=O)NCCCN1CCCC1=O. The van der Waals surface area contributed by atoms with Crippen molar-refractivity contribution < 1.29 is 19.1 Å². The smallest absolute Gasteiger partial charge is 0.309 e. The lowest BCUT2D eigenvalue weighted by Gasteiger charge is -2.19. The number of rotatable bonds is 8. The Morgan fingerprint density at radius 1 is 1.30 bits per heavy atom. The van der Waals surface area contributed by atoms with Gasteiger partial charge in [0.15, 0.2) is 0 Å². The van der Waals surface area contributed by atoms with E-state index < -0.39 is 11.8 Å². The van der Waals surface area contributed by atoms with Gasteiger partial charge in [-0.15, -0.1) is 0 Å². The van der Waals surface area contributed by atoms with Crippen molar-refractivity contribution >= 4 is 17.7 Å². The largest absolute Gasteiger partial charge is 0.494 e. The van der Waals surface area contributed by atoms with E-state index in [-0.39, 0.29) is 11.9 Å². The van der Waals surface area contributed by atoms with Crippen LogP contribution in [0.3, 0.4) is 0 Å². The van der Waals surface area contributed by atoms with E-state index in [1.165, 1.54) is 0 Å². The maximum Gasteiger partial charge on any atom is 0.309 e. The van der Waals surface area contributed by atoms with Crippen LogP contribution < -0.4 is 15.4 Å². The van der Waals surface area contributed by atoms with Crippen molar-refractivity contribution in [1.82, 2.24) is 15.5 Å². The standard InChI is InChI=1S/C20H29N3O4/c1-4-27-17-9-8-14(2)13-16(17)15(3)22-20(26)19(25)21-10-6-12-23-11-5-7-18(23)24/h8-9,13,15H,4-7,10-12H2,1-3H3,(H,21,25)(H,22,26). The van der Waals surface area contributed by atoms with Gasteiger partial charge < -0.3 is 20.3 Å². The molecule has 2 N–H and O–H groups in total. The highest BCUT2D eigenvalue weighted by Crippen LogP contribution is 2.26. The van der Waals surface area contributed by atoms with E-state index in [1.54, 1.807) is 4.90 Å². The predicted octanol–water partition coefficient (Wildman–Crippen LogP) is 1.70. The Labute approximate surface area is 160 Å². The first-order chi connectivity index (χ1) is 12.9. The fraction of sp³-hybridized carbons (Fsp3) is 0.550. The fourth-order valence-corrected chi connectivity index (χ4v) is 3.13. The lowest BCUT2D eigenvalue weighted by molar-refractivity contribution is -0.139. The topological polar surface area (TPSA) is 87.7 Å². The van der Waals surface area contributed by atoms with Gasteiger partial charge in [0.05, 0.1) is 12.6 Å². The average Bonchev–Trinajstić information content (AvgIpc) is 3.05. The Hall–Kier alpha value is -2.57. The van der Waals surface area contributed by atoms with Crippen molar-refractivity contribution in [2.45, 2.75) is 46.1 Å². The first kappa shape index (κ1) is 20.7. The summed E-state index contributed by atoms with van der Waals surface area (Å²) in [5.74, 6) is -0.480. The molecule has 0 aliphatic carbocycles. The van der Waals surface area contributed by atoms with E-state index in [2.05, 4.69) is 10.6 Å². The fourth-order valence-electron chi connectivity index (χ4n) is 3.13. The molecule has 1 aromatic rings. The van der Waals surface area contributed by atoms with Crippen LogP contribution in [0.25, 0.3) is 0 Å². The summed E-state index contributed by atoms with van der Waals surface area (Å²) in [7, 11) is 0. The van der Waals surface area contributed by atoms with Crippen molar-refractivity contribution in [3.63, 3.8) is 0 Å². The molecule has 1 aliphatic rings. The van der Waals surface area contributed by atoms with Crippen molar-refractivity contribution in [1.29, 1.82) is 0 Å². The molecule has 0 spiro atoms. The third kappa shape index (κ3) is 5.98.